The summed E-state index contributed by atoms with van der Waals surface area (Å²) in [6.07, 6.45) is 42.0. The summed E-state index contributed by atoms with van der Waals surface area (Å²) >= 11 is -7.06. The van der Waals surface area contributed by atoms with Crippen LogP contribution in [-0.4, -0.2) is 50.3 Å². The zero-order chi connectivity index (χ0) is 34.9. The predicted octanol–water partition coefficient (Wildman–Crippen LogP) is 13.6. The Morgan fingerprint density at radius 3 is 1.00 bits per heavy atom. The Kier molecular flexibility index (Phi) is 33.1. The van der Waals surface area contributed by atoms with Gasteiger partial charge in [-0.15, -0.1) is 0 Å². The van der Waals surface area contributed by atoms with Crippen LogP contribution < -0.4 is 0 Å². The van der Waals surface area contributed by atoms with Gasteiger partial charge in [-0.2, -0.15) is 0 Å². The molecule has 0 aliphatic rings. The summed E-state index contributed by atoms with van der Waals surface area (Å²) in [5.41, 5.74) is 0. The molecule has 0 radical (unpaired) electrons. The molecule has 0 aliphatic heterocycles. The quantitative estimate of drug-likeness (QED) is 0.0366. The summed E-state index contributed by atoms with van der Waals surface area (Å²) in [5, 5.41) is 0. The minimum atomic E-state index is -4.24. The summed E-state index contributed by atoms with van der Waals surface area (Å²) < 4.78 is 18.1. The molecule has 0 saturated carbocycles. The van der Waals surface area contributed by atoms with Gasteiger partial charge in [0.2, 0.25) is 0 Å². The van der Waals surface area contributed by atoms with Gasteiger partial charge in [0, 0.05) is 0 Å². The number of carbonyl (C=O) groups is 2. The van der Waals surface area contributed by atoms with Crippen LogP contribution in [0.3, 0.4) is 0 Å². The third-order valence-electron chi connectivity index (χ3n) is 8.38. The third kappa shape index (κ3) is 35.6. The van der Waals surface area contributed by atoms with E-state index in [1.165, 1.54) is 116 Å². The van der Waals surface area contributed by atoms with Crippen LogP contribution >= 0.6 is 0 Å². The molecule has 0 amide bonds. The molecule has 0 N–H and O–H groups in total. The molecule has 5 nitrogen and oxygen atoms in total. The average molecular weight is 876 g/mol. The van der Waals surface area contributed by atoms with Crippen molar-refractivity contribution in [1.82, 2.24) is 0 Å². The fourth-order valence-corrected chi connectivity index (χ4v) is 35.2. The van der Waals surface area contributed by atoms with Crippen LogP contribution in [0.1, 0.15) is 194 Å². The summed E-state index contributed by atoms with van der Waals surface area (Å²) in [5.74, 6) is -0.518. The van der Waals surface area contributed by atoms with Gasteiger partial charge in [0.25, 0.3) is 0 Å². The van der Waals surface area contributed by atoms with E-state index in [9.17, 15) is 9.59 Å². The first-order valence-electron chi connectivity index (χ1n) is 20.1. The molecule has 0 aliphatic carbocycles. The van der Waals surface area contributed by atoms with E-state index in [-0.39, 0.29) is 11.9 Å². The Hall–Kier alpha value is -0.0226. The Labute approximate surface area is 303 Å². The van der Waals surface area contributed by atoms with E-state index in [0.29, 0.717) is 12.8 Å². The van der Waals surface area contributed by atoms with Crippen LogP contribution in [0.4, 0.5) is 0 Å². The van der Waals surface area contributed by atoms with Crippen LogP contribution in [0.2, 0.25) is 19.8 Å². The van der Waals surface area contributed by atoms with E-state index in [1.54, 1.807) is 4.94 Å². The van der Waals surface area contributed by atoms with Crippen LogP contribution in [0.15, 0.2) is 24.3 Å². The summed E-state index contributed by atoms with van der Waals surface area (Å²) in [6.45, 7) is 4.53. The maximum absolute atomic E-state index is 12.7. The topological polar surface area (TPSA) is 61.8 Å². The van der Waals surface area contributed by atoms with Crippen LogP contribution in [0, 0.1) is 0 Å². The van der Waals surface area contributed by atoms with Crippen molar-refractivity contribution >= 4 is 50.3 Å². The normalized spacial score (nSPS) is 13.4. The van der Waals surface area contributed by atoms with Gasteiger partial charge in [-0.3, -0.25) is 0 Å². The molecule has 0 aromatic heterocycles. The van der Waals surface area contributed by atoms with Crippen LogP contribution in [-0.2, 0) is 17.1 Å². The molecule has 0 unspecified atom stereocenters. The second-order valence-corrected chi connectivity index (χ2v) is 37.3. The Bertz CT molecular complexity index is 736. The fraction of sp³-hybridized carbons (Fsp3) is 0.850. The average Bonchev–Trinajstić information content (AvgIpc) is 2.99. The Balaban J connectivity index is 4.06. The van der Waals surface area contributed by atoms with Gasteiger partial charge in [-0.25, -0.2) is 0 Å². The number of allylic oxidation sites excluding steroid dienone is 4. The number of hydrogen-bond donors (Lipinski definition) is 0. The SMILES string of the molecule is CCCCCCCCC=CCCCCCCCC(=O)[O][Sn]([CH3])([O]C(=O)CCCCCCCC=CCCCCCCCC)[O][Sn]([CH3])([CH3])[CH3]. The molecular formula is C40H78O5Sn2. The van der Waals surface area contributed by atoms with Crippen molar-refractivity contribution in [1.29, 1.82) is 0 Å². The minimum absolute atomic E-state index is 0.259. The monoisotopic (exact) mass is 878 g/mol. The number of unbranched alkanes of at least 4 members (excludes halogenated alkanes) is 22. The zero-order valence-corrected chi connectivity index (χ0v) is 37.9. The molecule has 0 rings (SSSR count). The van der Waals surface area contributed by atoms with Gasteiger partial charge in [-0.1, -0.05) is 78.1 Å². The van der Waals surface area contributed by atoms with E-state index in [2.05, 4.69) is 53.0 Å². The molecule has 0 atom stereocenters. The molecule has 0 fully saturated rings. The van der Waals surface area contributed by atoms with Gasteiger partial charge < -0.3 is 0 Å². The van der Waals surface area contributed by atoms with Crippen molar-refractivity contribution in [2.75, 3.05) is 0 Å². The van der Waals surface area contributed by atoms with Crippen molar-refractivity contribution in [3.05, 3.63) is 24.3 Å². The maximum atomic E-state index is 12.7. The van der Waals surface area contributed by atoms with E-state index in [1.807, 2.05) is 0 Å². The van der Waals surface area contributed by atoms with Gasteiger partial charge in [-0.05, 0) is 12.8 Å². The molecule has 0 aromatic rings. The molecule has 0 heterocycles. The number of rotatable bonds is 34. The van der Waals surface area contributed by atoms with Gasteiger partial charge in [0.05, 0.1) is 0 Å². The van der Waals surface area contributed by atoms with Crippen molar-refractivity contribution in [3.63, 3.8) is 0 Å². The molecule has 0 bridgehead atoms. The summed E-state index contributed by atoms with van der Waals surface area (Å²) in [7, 11) is 0. The van der Waals surface area contributed by atoms with Crippen LogP contribution in [0.5, 0.6) is 0 Å². The first-order valence-corrected chi connectivity index (χ1v) is 36.1. The Morgan fingerprint density at radius 2 is 0.702 bits per heavy atom. The first-order chi connectivity index (χ1) is 22.6. The van der Waals surface area contributed by atoms with Crippen molar-refractivity contribution in [2.24, 2.45) is 0 Å². The first kappa shape index (κ1) is 47.0. The van der Waals surface area contributed by atoms with Gasteiger partial charge >= 0.3 is 214 Å². The molecular weight excluding hydrogens is 798 g/mol. The van der Waals surface area contributed by atoms with E-state index in [4.69, 9.17) is 7.56 Å². The van der Waals surface area contributed by atoms with Crippen LogP contribution in [0.25, 0.3) is 0 Å². The third-order valence-corrected chi connectivity index (χ3v) is 33.4. The molecule has 276 valence electrons. The standard InChI is InChI=1S/2C18H34O2.4CH3.O.2Sn/c2*1-2-3-4-5-6-7-8-9-10-11-12-13-14-15-16-17-18(19)20;;;;;;;/h2*9-10H,2-8,11-17H2,1H3,(H,19,20);4*1H3;;;/q;;;;;;;;+2/p-2. The number of hydrogen-bond acceptors (Lipinski definition) is 5. The van der Waals surface area contributed by atoms with E-state index >= 15 is 0 Å². The van der Waals surface area contributed by atoms with Crippen molar-refractivity contribution in [3.8, 4) is 0 Å². The zero-order valence-electron chi connectivity index (χ0n) is 32.1. The summed E-state index contributed by atoms with van der Waals surface area (Å²) in [6, 6.07) is 0. The Morgan fingerprint density at radius 1 is 0.426 bits per heavy atom. The molecule has 47 heavy (non-hydrogen) atoms. The molecule has 0 aromatic carbocycles. The molecule has 7 heteroatoms. The second kappa shape index (κ2) is 33.1. The van der Waals surface area contributed by atoms with Gasteiger partial charge in [0.1, 0.15) is 0 Å². The number of carbonyl (C=O) groups excluding carboxylic acids is 2. The fourth-order valence-electron chi connectivity index (χ4n) is 5.81. The van der Waals surface area contributed by atoms with E-state index in [0.717, 1.165) is 51.4 Å². The van der Waals surface area contributed by atoms with Crippen molar-refractivity contribution < 1.29 is 17.1 Å². The van der Waals surface area contributed by atoms with Crippen molar-refractivity contribution in [2.45, 2.75) is 213 Å². The van der Waals surface area contributed by atoms with E-state index < -0.39 is 38.4 Å². The summed E-state index contributed by atoms with van der Waals surface area (Å²) in [4.78, 5) is 33.6. The molecule has 0 spiro atoms. The van der Waals surface area contributed by atoms with Gasteiger partial charge in [0.15, 0.2) is 0 Å². The predicted molar refractivity (Wildman–Crippen MR) is 207 cm³/mol. The molecule has 0 saturated heterocycles. The second-order valence-electron chi connectivity index (χ2n) is 14.7.